The molecule has 0 bridgehead atoms. The molecule has 196 valence electrons. The van der Waals surface area contributed by atoms with E-state index >= 15 is 0 Å². The van der Waals surface area contributed by atoms with Crippen molar-refractivity contribution in [2.45, 2.75) is 39.3 Å². The van der Waals surface area contributed by atoms with Gasteiger partial charge in [0.15, 0.2) is 17.5 Å². The number of morpholine rings is 1. The van der Waals surface area contributed by atoms with Gasteiger partial charge in [0.25, 0.3) is 5.91 Å². The van der Waals surface area contributed by atoms with Crippen molar-refractivity contribution >= 4 is 35.1 Å². The number of nitrogens with one attached hydrogen (secondary N) is 3. The Hall–Kier alpha value is -3.74. The van der Waals surface area contributed by atoms with Crippen molar-refractivity contribution in [2.75, 3.05) is 41.8 Å². The number of hydrogen-bond acceptors (Lipinski definition) is 8. The molecule has 11 nitrogen and oxygen atoms in total. The largest absolute Gasteiger partial charge is 0.465 e. The molecule has 1 saturated heterocycles. The normalized spacial score (nSPS) is 15.3. The van der Waals surface area contributed by atoms with Gasteiger partial charge in [-0.25, -0.2) is 23.5 Å². The Morgan fingerprint density at radius 2 is 1.86 bits per heavy atom. The SMILES string of the molecule is CC(C)C[C@@H](Nc1nc(Nc2cc(N3CCOCC3)ncc2F)c(C(N)=O)cc1F)[C@H](C)NC(=O)O. The van der Waals surface area contributed by atoms with E-state index in [1.807, 2.05) is 18.7 Å². The third-order valence-electron chi connectivity index (χ3n) is 5.67. The van der Waals surface area contributed by atoms with E-state index in [0.29, 0.717) is 38.5 Å². The summed E-state index contributed by atoms with van der Waals surface area (Å²) in [5.41, 5.74) is 5.13. The first-order chi connectivity index (χ1) is 17.0. The van der Waals surface area contributed by atoms with Crippen LogP contribution in [0, 0.1) is 17.6 Å². The minimum absolute atomic E-state index is 0.0290. The predicted molar refractivity (Wildman–Crippen MR) is 131 cm³/mol. The van der Waals surface area contributed by atoms with Crippen LogP contribution in [0.25, 0.3) is 0 Å². The summed E-state index contributed by atoms with van der Waals surface area (Å²) in [6, 6.07) is 1.25. The molecule has 2 aromatic heterocycles. The number of nitrogens with zero attached hydrogens (tertiary/aromatic N) is 3. The van der Waals surface area contributed by atoms with E-state index in [9.17, 15) is 18.4 Å². The van der Waals surface area contributed by atoms with E-state index in [4.69, 9.17) is 15.6 Å². The molecule has 6 N–H and O–H groups in total. The van der Waals surface area contributed by atoms with Crippen LogP contribution in [0.5, 0.6) is 0 Å². The highest BCUT2D eigenvalue weighted by molar-refractivity contribution is 5.98. The number of ether oxygens (including phenoxy) is 1. The summed E-state index contributed by atoms with van der Waals surface area (Å²) < 4.78 is 34.9. The second-order valence-corrected chi connectivity index (χ2v) is 8.94. The number of amides is 2. The molecule has 0 saturated carbocycles. The summed E-state index contributed by atoms with van der Waals surface area (Å²) in [5, 5.41) is 17.1. The number of nitrogens with two attached hydrogens (primary N) is 1. The van der Waals surface area contributed by atoms with Crippen molar-refractivity contribution in [1.82, 2.24) is 15.3 Å². The summed E-state index contributed by atoms with van der Waals surface area (Å²) in [7, 11) is 0. The van der Waals surface area contributed by atoms with Crippen LogP contribution in [-0.2, 0) is 4.74 Å². The first-order valence-electron chi connectivity index (χ1n) is 11.6. The summed E-state index contributed by atoms with van der Waals surface area (Å²) in [5.74, 6) is -2.29. The molecule has 1 aliphatic rings. The molecule has 3 rings (SSSR count). The van der Waals surface area contributed by atoms with Crippen LogP contribution in [0.15, 0.2) is 18.3 Å². The lowest BCUT2D eigenvalue weighted by molar-refractivity contribution is 0.1000. The van der Waals surface area contributed by atoms with Crippen molar-refractivity contribution in [1.29, 1.82) is 0 Å². The van der Waals surface area contributed by atoms with Crippen molar-refractivity contribution in [2.24, 2.45) is 11.7 Å². The van der Waals surface area contributed by atoms with Gasteiger partial charge in [0.05, 0.1) is 30.7 Å². The van der Waals surface area contributed by atoms with Gasteiger partial charge < -0.3 is 36.4 Å². The second-order valence-electron chi connectivity index (χ2n) is 8.94. The highest BCUT2D eigenvalue weighted by Gasteiger charge is 2.24. The minimum atomic E-state index is -1.22. The average molecular weight is 508 g/mol. The molecule has 0 aromatic carbocycles. The number of hydrogen-bond donors (Lipinski definition) is 5. The van der Waals surface area contributed by atoms with Gasteiger partial charge in [-0.05, 0) is 25.3 Å². The van der Waals surface area contributed by atoms with E-state index in [1.165, 1.54) is 6.07 Å². The van der Waals surface area contributed by atoms with Crippen LogP contribution < -0.4 is 26.6 Å². The summed E-state index contributed by atoms with van der Waals surface area (Å²) in [4.78, 5) is 33.4. The quantitative estimate of drug-likeness (QED) is 0.326. The lowest BCUT2D eigenvalue weighted by atomic mass is 9.98. The Bertz CT molecular complexity index is 1100. The molecule has 2 aromatic rings. The molecular formula is C23H31F2N7O4. The monoisotopic (exact) mass is 507 g/mol. The number of pyridine rings is 2. The molecule has 0 radical (unpaired) electrons. The molecule has 3 heterocycles. The molecular weight excluding hydrogens is 476 g/mol. The molecule has 2 atom stereocenters. The van der Waals surface area contributed by atoms with Gasteiger partial charge in [-0.3, -0.25) is 4.79 Å². The minimum Gasteiger partial charge on any atom is -0.465 e. The molecule has 1 fully saturated rings. The Labute approximate surface area is 207 Å². The molecule has 13 heteroatoms. The maximum atomic E-state index is 14.9. The number of carbonyl (C=O) groups is 2. The van der Waals surface area contributed by atoms with E-state index in [2.05, 4.69) is 25.9 Å². The third-order valence-corrected chi connectivity index (χ3v) is 5.67. The fourth-order valence-electron chi connectivity index (χ4n) is 3.86. The molecule has 0 aliphatic carbocycles. The average Bonchev–Trinajstić information content (AvgIpc) is 2.81. The zero-order chi connectivity index (χ0) is 26.4. The Morgan fingerprint density at radius 3 is 2.47 bits per heavy atom. The van der Waals surface area contributed by atoms with Gasteiger partial charge in [0.2, 0.25) is 0 Å². The highest BCUT2D eigenvalue weighted by Crippen LogP contribution is 2.28. The van der Waals surface area contributed by atoms with Gasteiger partial charge in [-0.2, -0.15) is 0 Å². The summed E-state index contributed by atoms with van der Waals surface area (Å²) in [6.45, 7) is 7.69. The Balaban J connectivity index is 1.95. The van der Waals surface area contributed by atoms with E-state index in [0.717, 1.165) is 12.3 Å². The summed E-state index contributed by atoms with van der Waals surface area (Å²) in [6.07, 6.45) is 0.310. The van der Waals surface area contributed by atoms with Crippen LogP contribution in [0.4, 0.5) is 36.7 Å². The zero-order valence-electron chi connectivity index (χ0n) is 20.3. The number of rotatable bonds is 10. The second kappa shape index (κ2) is 11.8. The van der Waals surface area contributed by atoms with Crippen LogP contribution in [0.2, 0.25) is 0 Å². The lowest BCUT2D eigenvalue weighted by Crippen LogP contribution is -2.45. The number of anilines is 4. The fraction of sp³-hybridized carbons (Fsp3) is 0.478. The smallest absolute Gasteiger partial charge is 0.404 e. The topological polar surface area (TPSA) is 155 Å². The van der Waals surface area contributed by atoms with E-state index in [-0.39, 0.29) is 28.8 Å². The number of carboxylic acid groups (broad SMARTS) is 1. The first kappa shape index (κ1) is 26.9. The van der Waals surface area contributed by atoms with Crippen molar-refractivity contribution in [3.63, 3.8) is 0 Å². The molecule has 1 aliphatic heterocycles. The third kappa shape index (κ3) is 6.90. The van der Waals surface area contributed by atoms with Crippen LogP contribution in [-0.4, -0.2) is 65.5 Å². The fourth-order valence-corrected chi connectivity index (χ4v) is 3.86. The number of primary amides is 1. The molecule has 36 heavy (non-hydrogen) atoms. The number of carbonyl (C=O) groups excluding carboxylic acids is 1. The molecule has 0 spiro atoms. The van der Waals surface area contributed by atoms with Gasteiger partial charge in [-0.1, -0.05) is 13.8 Å². The maximum Gasteiger partial charge on any atom is 0.404 e. The van der Waals surface area contributed by atoms with E-state index in [1.54, 1.807) is 6.92 Å². The van der Waals surface area contributed by atoms with Crippen molar-refractivity contribution in [3.05, 3.63) is 35.5 Å². The summed E-state index contributed by atoms with van der Waals surface area (Å²) >= 11 is 0. The first-order valence-corrected chi connectivity index (χ1v) is 11.6. The Morgan fingerprint density at radius 1 is 1.17 bits per heavy atom. The van der Waals surface area contributed by atoms with Gasteiger partial charge in [0.1, 0.15) is 11.6 Å². The zero-order valence-corrected chi connectivity index (χ0v) is 20.3. The Kier molecular flexibility index (Phi) is 8.80. The molecule has 2 amide bonds. The van der Waals surface area contributed by atoms with Gasteiger partial charge >= 0.3 is 6.09 Å². The number of aromatic nitrogens is 2. The van der Waals surface area contributed by atoms with Crippen molar-refractivity contribution < 1.29 is 28.2 Å². The van der Waals surface area contributed by atoms with E-state index < -0.39 is 35.7 Å². The predicted octanol–water partition coefficient (Wildman–Crippen LogP) is 2.92. The van der Waals surface area contributed by atoms with Gasteiger partial charge in [0, 0.05) is 31.2 Å². The number of halogens is 2. The van der Waals surface area contributed by atoms with Crippen LogP contribution in [0.1, 0.15) is 37.6 Å². The highest BCUT2D eigenvalue weighted by atomic mass is 19.1. The van der Waals surface area contributed by atoms with Crippen LogP contribution in [0.3, 0.4) is 0 Å². The van der Waals surface area contributed by atoms with Crippen LogP contribution >= 0.6 is 0 Å². The van der Waals surface area contributed by atoms with Gasteiger partial charge in [-0.15, -0.1) is 0 Å². The van der Waals surface area contributed by atoms with Crippen molar-refractivity contribution in [3.8, 4) is 0 Å². The lowest BCUT2D eigenvalue weighted by Gasteiger charge is -2.28. The molecule has 0 unspecified atom stereocenters. The maximum absolute atomic E-state index is 14.9. The standard InChI is InChI=1S/C23H31F2N7O4/c1-12(2)8-17(13(3)28-23(34)35)29-22-15(24)9-14(20(26)33)21(31-22)30-18-10-19(27-11-16(18)25)32-4-6-36-7-5-32/h9-13,17,28H,4-8H2,1-3H3,(H2,26,33)(H,34,35)(H2,27,29,30,31)/t13-,17+/m0/s1.